The molecule has 0 bridgehead atoms. The third kappa shape index (κ3) is 2.74. The summed E-state index contributed by atoms with van der Waals surface area (Å²) in [7, 11) is 0. The predicted molar refractivity (Wildman–Crippen MR) is 70.4 cm³/mol. The number of aryl methyl sites for hydroxylation is 2. The molecule has 0 saturated heterocycles. The second-order valence-electron chi connectivity index (χ2n) is 4.36. The van der Waals surface area contributed by atoms with Crippen molar-refractivity contribution in [2.45, 2.75) is 27.3 Å². The summed E-state index contributed by atoms with van der Waals surface area (Å²) in [6.45, 7) is 8.19. The quantitative estimate of drug-likeness (QED) is 0.873. The Balaban J connectivity index is 2.24. The van der Waals surface area contributed by atoms with Crippen LogP contribution < -0.4 is 5.32 Å². The van der Waals surface area contributed by atoms with E-state index in [0.29, 0.717) is 0 Å². The van der Waals surface area contributed by atoms with E-state index in [2.05, 4.69) is 55.6 Å². The Morgan fingerprint density at radius 1 is 1.29 bits per heavy atom. The van der Waals surface area contributed by atoms with E-state index in [4.69, 9.17) is 0 Å². The summed E-state index contributed by atoms with van der Waals surface area (Å²) < 4.78 is 1.95. The average Bonchev–Trinajstić information content (AvgIpc) is 2.75. The van der Waals surface area contributed by atoms with Crippen LogP contribution in [-0.4, -0.2) is 16.3 Å². The topological polar surface area (TPSA) is 29.9 Å². The van der Waals surface area contributed by atoms with Gasteiger partial charge in [0.15, 0.2) is 0 Å². The molecule has 1 N–H and O–H groups in total. The van der Waals surface area contributed by atoms with Gasteiger partial charge in [-0.2, -0.15) is 5.10 Å². The summed E-state index contributed by atoms with van der Waals surface area (Å²) in [4.78, 5) is 0. The van der Waals surface area contributed by atoms with Crippen molar-refractivity contribution in [3.05, 3.63) is 47.3 Å². The molecule has 2 rings (SSSR count). The lowest BCUT2D eigenvalue weighted by Crippen LogP contribution is -2.10. The first kappa shape index (κ1) is 11.9. The van der Waals surface area contributed by atoms with Crippen LogP contribution in [-0.2, 0) is 6.54 Å². The molecule has 0 aliphatic heterocycles. The van der Waals surface area contributed by atoms with Crippen molar-refractivity contribution in [3.8, 4) is 5.69 Å². The molecule has 0 unspecified atom stereocenters. The first-order valence-corrected chi connectivity index (χ1v) is 6.02. The molecular weight excluding hydrogens is 210 g/mol. The fraction of sp³-hybridized carbons (Fsp3) is 0.357. The summed E-state index contributed by atoms with van der Waals surface area (Å²) >= 11 is 0. The van der Waals surface area contributed by atoms with Gasteiger partial charge in [0.1, 0.15) is 0 Å². The molecule has 0 amide bonds. The van der Waals surface area contributed by atoms with Crippen molar-refractivity contribution in [1.29, 1.82) is 0 Å². The highest BCUT2D eigenvalue weighted by atomic mass is 15.3. The van der Waals surface area contributed by atoms with Crippen LogP contribution in [0.4, 0.5) is 0 Å². The number of rotatable bonds is 4. The minimum absolute atomic E-state index is 0.876. The molecule has 2 aromatic rings. The lowest BCUT2D eigenvalue weighted by Gasteiger charge is -2.06. The molecule has 17 heavy (non-hydrogen) atoms. The standard InChI is InChI=1S/C14H19N3/c1-4-15-8-13-9-16-17(10-13)14-6-5-11(2)7-12(14)3/h5-7,9-10,15H,4,8H2,1-3H3. The molecule has 0 fully saturated rings. The third-order valence-corrected chi connectivity index (χ3v) is 2.81. The molecule has 0 radical (unpaired) electrons. The minimum atomic E-state index is 0.876. The highest BCUT2D eigenvalue weighted by Gasteiger charge is 2.03. The number of nitrogens with zero attached hydrogens (tertiary/aromatic N) is 2. The molecule has 0 aliphatic carbocycles. The molecule has 3 heteroatoms. The smallest absolute Gasteiger partial charge is 0.0675 e. The summed E-state index contributed by atoms with van der Waals surface area (Å²) in [5.41, 5.74) is 4.90. The predicted octanol–water partition coefficient (Wildman–Crippen LogP) is 2.60. The van der Waals surface area contributed by atoms with Crippen molar-refractivity contribution in [2.24, 2.45) is 0 Å². The Labute approximate surface area is 102 Å². The van der Waals surface area contributed by atoms with Crippen LogP contribution in [0.3, 0.4) is 0 Å². The maximum absolute atomic E-state index is 4.41. The zero-order valence-corrected chi connectivity index (χ0v) is 10.7. The van der Waals surface area contributed by atoms with Crippen LogP contribution in [0, 0.1) is 13.8 Å². The molecule has 3 nitrogen and oxygen atoms in total. The van der Waals surface area contributed by atoms with Crippen LogP contribution >= 0.6 is 0 Å². The van der Waals surface area contributed by atoms with Gasteiger partial charge in [0.2, 0.25) is 0 Å². The van der Waals surface area contributed by atoms with Gasteiger partial charge in [-0.1, -0.05) is 24.6 Å². The molecule has 1 aromatic heterocycles. The van der Waals surface area contributed by atoms with Gasteiger partial charge >= 0.3 is 0 Å². The first-order valence-electron chi connectivity index (χ1n) is 6.02. The van der Waals surface area contributed by atoms with Crippen LogP contribution in [0.1, 0.15) is 23.6 Å². The second kappa shape index (κ2) is 5.15. The third-order valence-electron chi connectivity index (χ3n) is 2.81. The molecule has 0 spiro atoms. The SMILES string of the molecule is CCNCc1cnn(-c2ccc(C)cc2C)c1. The molecular formula is C14H19N3. The van der Waals surface area contributed by atoms with E-state index in [1.807, 2.05) is 10.9 Å². The number of hydrogen-bond donors (Lipinski definition) is 1. The van der Waals surface area contributed by atoms with Crippen LogP contribution in [0.2, 0.25) is 0 Å². The Hall–Kier alpha value is -1.61. The van der Waals surface area contributed by atoms with Gasteiger partial charge < -0.3 is 5.32 Å². The van der Waals surface area contributed by atoms with Crippen LogP contribution in [0.15, 0.2) is 30.6 Å². The van der Waals surface area contributed by atoms with Crippen molar-refractivity contribution < 1.29 is 0 Å². The van der Waals surface area contributed by atoms with E-state index < -0.39 is 0 Å². The van der Waals surface area contributed by atoms with Gasteiger partial charge in [0.25, 0.3) is 0 Å². The molecule has 0 saturated carbocycles. The Bertz CT molecular complexity index is 500. The number of nitrogens with one attached hydrogen (secondary N) is 1. The molecule has 0 aliphatic rings. The maximum Gasteiger partial charge on any atom is 0.0675 e. The lowest BCUT2D eigenvalue weighted by molar-refractivity contribution is 0.726. The normalized spacial score (nSPS) is 10.8. The van der Waals surface area contributed by atoms with Crippen molar-refractivity contribution in [3.63, 3.8) is 0 Å². The zero-order chi connectivity index (χ0) is 12.3. The van der Waals surface area contributed by atoms with Gasteiger partial charge in [-0.25, -0.2) is 4.68 Å². The van der Waals surface area contributed by atoms with Crippen LogP contribution in [0.25, 0.3) is 5.69 Å². The van der Waals surface area contributed by atoms with Crippen molar-refractivity contribution >= 4 is 0 Å². The van der Waals surface area contributed by atoms with E-state index in [9.17, 15) is 0 Å². The average molecular weight is 229 g/mol. The Kier molecular flexibility index (Phi) is 3.59. The van der Waals surface area contributed by atoms with E-state index >= 15 is 0 Å². The fourth-order valence-electron chi connectivity index (χ4n) is 1.91. The highest BCUT2D eigenvalue weighted by Crippen LogP contribution is 2.15. The first-order chi connectivity index (χ1) is 8.20. The maximum atomic E-state index is 4.41. The molecule has 0 atom stereocenters. The molecule has 1 aromatic carbocycles. The fourth-order valence-corrected chi connectivity index (χ4v) is 1.91. The number of aromatic nitrogens is 2. The summed E-state index contributed by atoms with van der Waals surface area (Å²) in [5, 5.41) is 7.71. The van der Waals surface area contributed by atoms with Gasteiger partial charge in [-0.15, -0.1) is 0 Å². The van der Waals surface area contributed by atoms with Crippen LogP contribution in [0.5, 0.6) is 0 Å². The van der Waals surface area contributed by atoms with E-state index in [0.717, 1.165) is 18.8 Å². The van der Waals surface area contributed by atoms with Crippen molar-refractivity contribution in [2.75, 3.05) is 6.54 Å². The minimum Gasteiger partial charge on any atom is -0.313 e. The van der Waals surface area contributed by atoms with E-state index in [1.165, 1.54) is 16.7 Å². The van der Waals surface area contributed by atoms with Gasteiger partial charge in [-0.3, -0.25) is 0 Å². The molecule has 90 valence electrons. The number of benzene rings is 1. The number of hydrogen-bond acceptors (Lipinski definition) is 2. The largest absolute Gasteiger partial charge is 0.313 e. The van der Waals surface area contributed by atoms with Gasteiger partial charge in [0, 0.05) is 18.3 Å². The van der Waals surface area contributed by atoms with Gasteiger partial charge in [-0.05, 0) is 32.0 Å². The summed E-state index contributed by atoms with van der Waals surface area (Å²) in [6.07, 6.45) is 4.00. The summed E-state index contributed by atoms with van der Waals surface area (Å²) in [6, 6.07) is 6.42. The molecule has 1 heterocycles. The van der Waals surface area contributed by atoms with Crippen molar-refractivity contribution in [1.82, 2.24) is 15.1 Å². The second-order valence-corrected chi connectivity index (χ2v) is 4.36. The Morgan fingerprint density at radius 2 is 2.12 bits per heavy atom. The Morgan fingerprint density at radius 3 is 2.82 bits per heavy atom. The van der Waals surface area contributed by atoms with E-state index in [-0.39, 0.29) is 0 Å². The monoisotopic (exact) mass is 229 g/mol. The highest BCUT2D eigenvalue weighted by molar-refractivity contribution is 5.42. The van der Waals surface area contributed by atoms with E-state index in [1.54, 1.807) is 0 Å². The summed E-state index contributed by atoms with van der Waals surface area (Å²) in [5.74, 6) is 0. The lowest BCUT2D eigenvalue weighted by atomic mass is 10.1. The van der Waals surface area contributed by atoms with Gasteiger partial charge in [0.05, 0.1) is 11.9 Å². The zero-order valence-electron chi connectivity index (χ0n) is 10.7.